The van der Waals surface area contributed by atoms with Crippen LogP contribution in [0.15, 0.2) is 40.8 Å². The van der Waals surface area contributed by atoms with Crippen LogP contribution in [0, 0.1) is 0 Å². The summed E-state index contributed by atoms with van der Waals surface area (Å²) in [6, 6.07) is 10.9. The van der Waals surface area contributed by atoms with Crippen LogP contribution in [0.3, 0.4) is 0 Å². The van der Waals surface area contributed by atoms with Gasteiger partial charge in [0.1, 0.15) is 0 Å². The zero-order valence-corrected chi connectivity index (χ0v) is 9.43. The maximum absolute atomic E-state index is 10.6. The van der Waals surface area contributed by atoms with Crippen molar-refractivity contribution in [2.45, 2.75) is 13.3 Å². The van der Waals surface area contributed by atoms with Crippen molar-refractivity contribution in [2.75, 3.05) is 5.32 Å². The van der Waals surface area contributed by atoms with E-state index >= 15 is 0 Å². The van der Waals surface area contributed by atoms with E-state index in [1.807, 2.05) is 24.3 Å². The van der Waals surface area contributed by atoms with Crippen LogP contribution in [0.25, 0.3) is 0 Å². The lowest BCUT2D eigenvalue weighted by atomic mass is 10.1. The molecule has 17 heavy (non-hydrogen) atoms. The van der Waals surface area contributed by atoms with Crippen molar-refractivity contribution in [3.63, 3.8) is 0 Å². The number of anilines is 2. The van der Waals surface area contributed by atoms with E-state index in [9.17, 15) is 4.79 Å². The topological polar surface area (TPSA) is 62.5 Å². The van der Waals surface area contributed by atoms with Gasteiger partial charge in [0.2, 0.25) is 5.76 Å². The Hall–Kier alpha value is -2.23. The average molecular weight is 231 g/mol. The molecule has 0 unspecified atom stereocenters. The van der Waals surface area contributed by atoms with Crippen LogP contribution in [0.1, 0.15) is 23.0 Å². The van der Waals surface area contributed by atoms with Crippen molar-refractivity contribution in [3.8, 4) is 0 Å². The zero-order chi connectivity index (χ0) is 12.3. The largest absolute Gasteiger partial charge is 0.475 e. The van der Waals surface area contributed by atoms with Gasteiger partial charge in [0, 0.05) is 11.8 Å². The summed E-state index contributed by atoms with van der Waals surface area (Å²) in [6.07, 6.45) is 0.952. The summed E-state index contributed by atoms with van der Waals surface area (Å²) in [5.41, 5.74) is 2.09. The van der Waals surface area contributed by atoms with Crippen molar-refractivity contribution in [2.24, 2.45) is 0 Å². The van der Waals surface area contributed by atoms with E-state index in [4.69, 9.17) is 9.52 Å². The van der Waals surface area contributed by atoms with Gasteiger partial charge in [0.15, 0.2) is 5.88 Å². The van der Waals surface area contributed by atoms with E-state index in [0.29, 0.717) is 5.88 Å². The molecule has 0 fully saturated rings. The maximum atomic E-state index is 10.6. The summed E-state index contributed by atoms with van der Waals surface area (Å²) >= 11 is 0. The highest BCUT2D eigenvalue weighted by Crippen LogP contribution is 2.20. The molecule has 1 aromatic heterocycles. The summed E-state index contributed by atoms with van der Waals surface area (Å²) in [7, 11) is 0. The van der Waals surface area contributed by atoms with Gasteiger partial charge in [-0.2, -0.15) is 0 Å². The molecule has 2 N–H and O–H groups in total. The standard InChI is InChI=1S/C13H13NO3/c1-2-9-4-3-5-10(8-9)14-12-7-6-11(17-12)13(15)16/h3-8,14H,2H2,1H3,(H,15,16). The van der Waals surface area contributed by atoms with Gasteiger partial charge in [-0.05, 0) is 30.2 Å². The van der Waals surface area contributed by atoms with Crippen LogP contribution in [0.2, 0.25) is 0 Å². The van der Waals surface area contributed by atoms with Gasteiger partial charge in [-0.1, -0.05) is 19.1 Å². The number of carboxylic acids is 1. The van der Waals surface area contributed by atoms with Gasteiger partial charge < -0.3 is 14.8 Å². The zero-order valence-electron chi connectivity index (χ0n) is 9.43. The highest BCUT2D eigenvalue weighted by molar-refractivity contribution is 5.85. The highest BCUT2D eigenvalue weighted by Gasteiger charge is 2.08. The minimum absolute atomic E-state index is 0.0702. The van der Waals surface area contributed by atoms with E-state index in [-0.39, 0.29) is 5.76 Å². The molecule has 0 amide bonds. The molecular weight excluding hydrogens is 218 g/mol. The molecule has 4 nitrogen and oxygen atoms in total. The minimum atomic E-state index is -1.07. The van der Waals surface area contributed by atoms with Crippen molar-refractivity contribution in [1.29, 1.82) is 0 Å². The molecular formula is C13H13NO3. The summed E-state index contributed by atoms with van der Waals surface area (Å²) in [4.78, 5) is 10.6. The van der Waals surface area contributed by atoms with Crippen LogP contribution in [-0.4, -0.2) is 11.1 Å². The number of furan rings is 1. The molecule has 0 bridgehead atoms. The first-order valence-electron chi connectivity index (χ1n) is 5.38. The molecule has 0 saturated heterocycles. The van der Waals surface area contributed by atoms with Crippen LogP contribution >= 0.6 is 0 Å². The minimum Gasteiger partial charge on any atom is -0.475 e. The Labute approximate surface area is 98.9 Å². The monoisotopic (exact) mass is 231 g/mol. The Kier molecular flexibility index (Phi) is 3.14. The van der Waals surface area contributed by atoms with Gasteiger partial charge in [-0.15, -0.1) is 0 Å². The van der Waals surface area contributed by atoms with E-state index in [1.54, 1.807) is 6.07 Å². The Bertz CT molecular complexity index is 531. The van der Waals surface area contributed by atoms with Crippen LogP contribution < -0.4 is 5.32 Å². The Morgan fingerprint density at radius 1 is 1.35 bits per heavy atom. The van der Waals surface area contributed by atoms with Gasteiger partial charge in [-0.25, -0.2) is 4.79 Å². The van der Waals surface area contributed by atoms with E-state index in [2.05, 4.69) is 12.2 Å². The molecule has 0 aliphatic heterocycles. The molecule has 1 heterocycles. The SMILES string of the molecule is CCc1cccc(Nc2ccc(C(=O)O)o2)c1. The molecule has 0 aliphatic carbocycles. The van der Waals surface area contributed by atoms with Crippen LogP contribution in [-0.2, 0) is 6.42 Å². The average Bonchev–Trinajstić information content (AvgIpc) is 2.78. The van der Waals surface area contributed by atoms with Gasteiger partial charge in [0.05, 0.1) is 0 Å². The summed E-state index contributed by atoms with van der Waals surface area (Å²) in [5, 5.41) is 11.7. The van der Waals surface area contributed by atoms with Gasteiger partial charge in [-0.3, -0.25) is 0 Å². The fourth-order valence-corrected chi connectivity index (χ4v) is 1.53. The first-order valence-corrected chi connectivity index (χ1v) is 5.38. The van der Waals surface area contributed by atoms with Crippen molar-refractivity contribution in [1.82, 2.24) is 0 Å². The van der Waals surface area contributed by atoms with E-state index in [0.717, 1.165) is 12.1 Å². The van der Waals surface area contributed by atoms with Gasteiger partial charge in [0.25, 0.3) is 0 Å². The third-order valence-corrected chi connectivity index (χ3v) is 2.42. The normalized spacial score (nSPS) is 10.2. The lowest BCUT2D eigenvalue weighted by molar-refractivity contribution is 0.0663. The number of nitrogens with one attached hydrogen (secondary N) is 1. The number of aromatic carboxylic acids is 1. The second-order valence-electron chi connectivity index (χ2n) is 3.65. The fraction of sp³-hybridized carbons (Fsp3) is 0.154. The molecule has 2 aromatic rings. The third kappa shape index (κ3) is 2.66. The number of hydrogen-bond acceptors (Lipinski definition) is 3. The molecule has 4 heteroatoms. The predicted molar refractivity (Wildman–Crippen MR) is 64.8 cm³/mol. The number of hydrogen-bond donors (Lipinski definition) is 2. The molecule has 0 saturated carbocycles. The smallest absolute Gasteiger partial charge is 0.371 e. The highest BCUT2D eigenvalue weighted by atomic mass is 16.4. The van der Waals surface area contributed by atoms with Crippen molar-refractivity contribution < 1.29 is 14.3 Å². The van der Waals surface area contributed by atoms with Crippen molar-refractivity contribution in [3.05, 3.63) is 47.7 Å². The van der Waals surface area contributed by atoms with Crippen LogP contribution in [0.4, 0.5) is 11.6 Å². The second kappa shape index (κ2) is 4.74. The molecule has 1 aromatic carbocycles. The first kappa shape index (κ1) is 11.3. The molecule has 88 valence electrons. The Balaban J connectivity index is 2.16. The van der Waals surface area contributed by atoms with Gasteiger partial charge >= 0.3 is 5.97 Å². The van der Waals surface area contributed by atoms with E-state index < -0.39 is 5.97 Å². The summed E-state index contributed by atoms with van der Waals surface area (Å²) < 4.78 is 5.11. The molecule has 0 spiro atoms. The van der Waals surface area contributed by atoms with Crippen molar-refractivity contribution >= 4 is 17.5 Å². The number of carbonyl (C=O) groups is 1. The molecule has 0 aliphatic rings. The van der Waals surface area contributed by atoms with E-state index in [1.165, 1.54) is 11.6 Å². The molecule has 0 radical (unpaired) electrons. The number of carboxylic acid groups (broad SMARTS) is 1. The lowest BCUT2D eigenvalue weighted by Crippen LogP contribution is -1.93. The fourth-order valence-electron chi connectivity index (χ4n) is 1.53. The molecule has 0 atom stereocenters. The number of benzene rings is 1. The maximum Gasteiger partial charge on any atom is 0.371 e. The predicted octanol–water partition coefficient (Wildman–Crippen LogP) is 3.28. The number of aryl methyl sites for hydroxylation is 1. The molecule has 2 rings (SSSR count). The Morgan fingerprint density at radius 3 is 2.82 bits per heavy atom. The quantitative estimate of drug-likeness (QED) is 0.847. The second-order valence-corrected chi connectivity index (χ2v) is 3.65. The third-order valence-electron chi connectivity index (χ3n) is 2.42. The first-order chi connectivity index (χ1) is 8.19. The Morgan fingerprint density at radius 2 is 2.18 bits per heavy atom. The lowest BCUT2D eigenvalue weighted by Gasteiger charge is -2.04. The summed E-state index contributed by atoms with van der Waals surface area (Å²) in [5.74, 6) is -0.713. The number of rotatable bonds is 4. The summed E-state index contributed by atoms with van der Waals surface area (Å²) in [6.45, 7) is 2.08. The van der Waals surface area contributed by atoms with Crippen LogP contribution in [0.5, 0.6) is 0 Å².